The summed E-state index contributed by atoms with van der Waals surface area (Å²) in [7, 11) is 0. The van der Waals surface area contributed by atoms with Gasteiger partial charge in [-0.15, -0.1) is 0 Å². The maximum atomic E-state index is 12.4. The third-order valence-electron chi connectivity index (χ3n) is 2.95. The Morgan fingerprint density at radius 2 is 2.00 bits per heavy atom. The summed E-state index contributed by atoms with van der Waals surface area (Å²) in [6, 6.07) is 11.2. The Bertz CT molecular complexity index is 537. The van der Waals surface area contributed by atoms with Gasteiger partial charge in [-0.25, -0.2) is 0 Å². The average Bonchev–Trinajstić information content (AvgIpc) is 2.49. The van der Waals surface area contributed by atoms with Gasteiger partial charge in [-0.2, -0.15) is 0 Å². The minimum absolute atomic E-state index is 0.0453. The van der Waals surface area contributed by atoms with Crippen LogP contribution in [0, 0.1) is 0 Å². The van der Waals surface area contributed by atoms with Crippen LogP contribution in [0.3, 0.4) is 0 Å². The van der Waals surface area contributed by atoms with Crippen LogP contribution in [0.4, 0.5) is 5.69 Å². The zero-order valence-corrected chi connectivity index (χ0v) is 10.9. The van der Waals surface area contributed by atoms with Crippen LogP contribution < -0.4 is 10.6 Å². The number of nitrogens with zero attached hydrogens (tertiary/aromatic N) is 2. The number of amides is 1. The van der Waals surface area contributed by atoms with Crippen molar-refractivity contribution in [1.82, 2.24) is 4.98 Å². The molecular weight excluding hydrogens is 238 g/mol. The number of hydrogen-bond donors (Lipinski definition) is 1. The van der Waals surface area contributed by atoms with Gasteiger partial charge in [-0.1, -0.05) is 12.1 Å². The van der Waals surface area contributed by atoms with Crippen LogP contribution in [0.5, 0.6) is 0 Å². The largest absolute Gasteiger partial charge is 0.326 e. The highest BCUT2D eigenvalue weighted by atomic mass is 16.2. The first-order valence-electron chi connectivity index (χ1n) is 6.27. The standard InChI is InChI=1S/C15H17N3O/c1-2-18(14-7-5-12(10-16)6-8-14)15(19)13-4-3-9-17-11-13/h3-9,11H,2,10,16H2,1H3. The van der Waals surface area contributed by atoms with Crippen molar-refractivity contribution in [3.63, 3.8) is 0 Å². The number of carbonyl (C=O) groups excluding carboxylic acids is 1. The molecule has 1 heterocycles. The van der Waals surface area contributed by atoms with Gasteiger partial charge in [-0.05, 0) is 36.8 Å². The minimum Gasteiger partial charge on any atom is -0.326 e. The molecule has 2 rings (SSSR count). The number of benzene rings is 1. The second-order valence-corrected chi connectivity index (χ2v) is 4.16. The lowest BCUT2D eigenvalue weighted by Gasteiger charge is -2.21. The molecule has 19 heavy (non-hydrogen) atoms. The van der Waals surface area contributed by atoms with E-state index in [4.69, 9.17) is 5.73 Å². The van der Waals surface area contributed by atoms with Gasteiger partial charge in [0, 0.05) is 31.2 Å². The van der Waals surface area contributed by atoms with E-state index in [-0.39, 0.29) is 5.91 Å². The molecule has 2 N–H and O–H groups in total. The Labute approximate surface area is 112 Å². The second kappa shape index (κ2) is 6.11. The highest BCUT2D eigenvalue weighted by molar-refractivity contribution is 6.05. The van der Waals surface area contributed by atoms with Crippen molar-refractivity contribution < 1.29 is 4.79 Å². The highest BCUT2D eigenvalue weighted by Crippen LogP contribution is 2.17. The molecule has 0 aliphatic heterocycles. The van der Waals surface area contributed by atoms with Crippen LogP contribution >= 0.6 is 0 Å². The van der Waals surface area contributed by atoms with Crippen molar-refractivity contribution in [3.05, 3.63) is 59.9 Å². The Morgan fingerprint density at radius 3 is 2.53 bits per heavy atom. The Kier molecular flexibility index (Phi) is 4.26. The fraction of sp³-hybridized carbons (Fsp3) is 0.200. The first-order valence-corrected chi connectivity index (χ1v) is 6.27. The summed E-state index contributed by atoms with van der Waals surface area (Å²) in [4.78, 5) is 18.1. The van der Waals surface area contributed by atoms with Gasteiger partial charge in [0.25, 0.3) is 5.91 Å². The summed E-state index contributed by atoms with van der Waals surface area (Å²) in [5.41, 5.74) is 8.08. The number of hydrogen-bond acceptors (Lipinski definition) is 3. The van der Waals surface area contributed by atoms with Crippen molar-refractivity contribution >= 4 is 11.6 Å². The topological polar surface area (TPSA) is 59.2 Å². The second-order valence-electron chi connectivity index (χ2n) is 4.16. The number of carbonyl (C=O) groups is 1. The number of anilines is 1. The summed E-state index contributed by atoms with van der Waals surface area (Å²) in [6.45, 7) is 3.06. The lowest BCUT2D eigenvalue weighted by Crippen LogP contribution is -2.30. The van der Waals surface area contributed by atoms with E-state index in [1.54, 1.807) is 29.4 Å². The fourth-order valence-electron chi connectivity index (χ4n) is 1.90. The van der Waals surface area contributed by atoms with Crippen LogP contribution in [0.2, 0.25) is 0 Å². The van der Waals surface area contributed by atoms with E-state index in [1.165, 1.54) is 0 Å². The highest BCUT2D eigenvalue weighted by Gasteiger charge is 2.15. The minimum atomic E-state index is -0.0453. The van der Waals surface area contributed by atoms with E-state index in [1.807, 2.05) is 31.2 Å². The number of pyridine rings is 1. The molecule has 0 unspecified atom stereocenters. The van der Waals surface area contributed by atoms with Crippen LogP contribution in [-0.4, -0.2) is 17.4 Å². The van der Waals surface area contributed by atoms with Crippen molar-refractivity contribution in [2.75, 3.05) is 11.4 Å². The molecule has 0 radical (unpaired) electrons. The molecule has 1 amide bonds. The fourth-order valence-corrected chi connectivity index (χ4v) is 1.90. The van der Waals surface area contributed by atoms with E-state index in [0.29, 0.717) is 18.7 Å². The van der Waals surface area contributed by atoms with Crippen molar-refractivity contribution in [2.24, 2.45) is 5.73 Å². The molecule has 98 valence electrons. The smallest absolute Gasteiger partial charge is 0.259 e. The summed E-state index contributed by atoms with van der Waals surface area (Å²) < 4.78 is 0. The molecular formula is C15H17N3O. The zero-order chi connectivity index (χ0) is 13.7. The molecule has 1 aromatic heterocycles. The molecule has 0 fully saturated rings. The van der Waals surface area contributed by atoms with Gasteiger partial charge in [0.05, 0.1) is 5.56 Å². The number of nitrogens with two attached hydrogens (primary N) is 1. The lowest BCUT2D eigenvalue weighted by atomic mass is 10.1. The van der Waals surface area contributed by atoms with Crippen molar-refractivity contribution in [1.29, 1.82) is 0 Å². The molecule has 2 aromatic rings. The summed E-state index contributed by atoms with van der Waals surface area (Å²) in [5, 5.41) is 0. The third-order valence-corrected chi connectivity index (χ3v) is 2.95. The summed E-state index contributed by atoms with van der Waals surface area (Å²) in [6.07, 6.45) is 3.24. The Morgan fingerprint density at radius 1 is 1.26 bits per heavy atom. The lowest BCUT2D eigenvalue weighted by molar-refractivity contribution is 0.0988. The molecule has 0 aliphatic carbocycles. The van der Waals surface area contributed by atoms with Crippen LogP contribution in [0.1, 0.15) is 22.8 Å². The third kappa shape index (κ3) is 2.98. The van der Waals surface area contributed by atoms with Gasteiger partial charge in [0.15, 0.2) is 0 Å². The Balaban J connectivity index is 2.26. The molecule has 4 heteroatoms. The quantitative estimate of drug-likeness (QED) is 0.911. The first-order chi connectivity index (χ1) is 9.26. The van der Waals surface area contributed by atoms with Crippen LogP contribution in [0.25, 0.3) is 0 Å². The van der Waals surface area contributed by atoms with E-state index in [9.17, 15) is 4.79 Å². The maximum absolute atomic E-state index is 12.4. The summed E-state index contributed by atoms with van der Waals surface area (Å²) >= 11 is 0. The normalized spacial score (nSPS) is 10.2. The molecule has 0 saturated carbocycles. The molecule has 1 aromatic carbocycles. The monoisotopic (exact) mass is 255 g/mol. The van der Waals surface area contributed by atoms with Gasteiger partial charge >= 0.3 is 0 Å². The SMILES string of the molecule is CCN(C(=O)c1cccnc1)c1ccc(CN)cc1. The first kappa shape index (κ1) is 13.2. The van der Waals surface area contributed by atoms with Crippen molar-refractivity contribution in [3.8, 4) is 0 Å². The predicted molar refractivity (Wildman–Crippen MR) is 75.9 cm³/mol. The van der Waals surface area contributed by atoms with Crippen LogP contribution in [0.15, 0.2) is 48.8 Å². The average molecular weight is 255 g/mol. The van der Waals surface area contributed by atoms with Crippen LogP contribution in [-0.2, 0) is 6.54 Å². The zero-order valence-electron chi connectivity index (χ0n) is 10.9. The molecule has 4 nitrogen and oxygen atoms in total. The molecule has 0 atom stereocenters. The molecule has 0 spiro atoms. The maximum Gasteiger partial charge on any atom is 0.259 e. The number of rotatable bonds is 4. The number of aromatic nitrogens is 1. The Hall–Kier alpha value is -2.20. The molecule has 0 aliphatic rings. The van der Waals surface area contributed by atoms with Gasteiger partial charge < -0.3 is 10.6 Å². The predicted octanol–water partition coefficient (Wildman–Crippen LogP) is 2.21. The molecule has 0 saturated heterocycles. The van der Waals surface area contributed by atoms with E-state index in [2.05, 4.69) is 4.98 Å². The summed E-state index contributed by atoms with van der Waals surface area (Å²) in [5.74, 6) is -0.0453. The van der Waals surface area contributed by atoms with E-state index in [0.717, 1.165) is 11.3 Å². The van der Waals surface area contributed by atoms with Gasteiger partial charge in [-0.3, -0.25) is 9.78 Å². The van der Waals surface area contributed by atoms with E-state index >= 15 is 0 Å². The van der Waals surface area contributed by atoms with Gasteiger partial charge in [0.2, 0.25) is 0 Å². The van der Waals surface area contributed by atoms with E-state index < -0.39 is 0 Å². The van der Waals surface area contributed by atoms with Crippen molar-refractivity contribution in [2.45, 2.75) is 13.5 Å². The van der Waals surface area contributed by atoms with Gasteiger partial charge in [0.1, 0.15) is 0 Å². The molecule has 0 bridgehead atoms.